The topological polar surface area (TPSA) is 69.0 Å². The average molecular weight is 350 g/mol. The van der Waals surface area contributed by atoms with E-state index in [2.05, 4.69) is 15.4 Å². The highest BCUT2D eigenvalue weighted by Crippen LogP contribution is 2.26. The normalized spacial score (nSPS) is 11.8. The first-order valence-corrected chi connectivity index (χ1v) is 8.43. The number of ether oxygens (including phenoxy) is 1. The van der Waals surface area contributed by atoms with Crippen LogP contribution in [0.3, 0.4) is 0 Å². The number of carbonyl (C=O) groups excluding carboxylic acids is 1. The van der Waals surface area contributed by atoms with Crippen LogP contribution in [-0.4, -0.2) is 27.8 Å². The number of methoxy groups -OCH3 is 1. The quantitative estimate of drug-likeness (QED) is 0.741. The zero-order chi connectivity index (χ0) is 18.5. The molecule has 1 aromatic heterocycles. The molecule has 1 heterocycles. The predicted octanol–water partition coefficient (Wildman–Crippen LogP) is 3.13. The SMILES string of the molecule is COc1ccc(C)cc1[C@H](C)NC(=O)c1ccc(Cn2cncn2)cc1. The molecule has 6 nitrogen and oxygen atoms in total. The Bertz CT molecular complexity index is 873. The van der Waals surface area contributed by atoms with Crippen LogP contribution in [0.2, 0.25) is 0 Å². The van der Waals surface area contributed by atoms with E-state index in [-0.39, 0.29) is 11.9 Å². The molecule has 0 aliphatic heterocycles. The van der Waals surface area contributed by atoms with Crippen molar-refractivity contribution in [1.29, 1.82) is 0 Å². The van der Waals surface area contributed by atoms with Crippen LogP contribution >= 0.6 is 0 Å². The van der Waals surface area contributed by atoms with Gasteiger partial charge in [0, 0.05) is 11.1 Å². The standard InChI is InChI=1S/C20H22N4O2/c1-14-4-9-19(26-3)18(10-14)15(2)23-20(25)17-7-5-16(6-8-17)11-24-13-21-12-22-24/h4-10,12-13,15H,11H2,1-3H3,(H,23,25)/t15-/m0/s1. The Hall–Kier alpha value is -3.15. The molecular formula is C20H22N4O2. The zero-order valence-corrected chi connectivity index (χ0v) is 15.1. The van der Waals surface area contributed by atoms with Crippen molar-refractivity contribution in [2.45, 2.75) is 26.4 Å². The van der Waals surface area contributed by atoms with Crippen LogP contribution in [0, 0.1) is 6.92 Å². The Labute approximate surface area is 152 Å². The lowest BCUT2D eigenvalue weighted by Gasteiger charge is -2.18. The number of nitrogens with one attached hydrogen (secondary N) is 1. The van der Waals surface area contributed by atoms with Crippen molar-refractivity contribution in [3.05, 3.63) is 77.4 Å². The van der Waals surface area contributed by atoms with Crippen LogP contribution in [0.4, 0.5) is 0 Å². The van der Waals surface area contributed by atoms with E-state index in [9.17, 15) is 4.79 Å². The van der Waals surface area contributed by atoms with Gasteiger partial charge in [-0.2, -0.15) is 5.10 Å². The highest BCUT2D eigenvalue weighted by Gasteiger charge is 2.15. The molecular weight excluding hydrogens is 328 g/mol. The Balaban J connectivity index is 1.68. The third-order valence-corrected chi connectivity index (χ3v) is 4.23. The summed E-state index contributed by atoms with van der Waals surface area (Å²) in [6.45, 7) is 4.60. The first-order valence-electron chi connectivity index (χ1n) is 8.43. The van der Waals surface area contributed by atoms with Gasteiger partial charge in [0.1, 0.15) is 18.4 Å². The van der Waals surface area contributed by atoms with Gasteiger partial charge in [-0.25, -0.2) is 9.67 Å². The fraction of sp³-hybridized carbons (Fsp3) is 0.250. The van der Waals surface area contributed by atoms with Crippen LogP contribution in [0.5, 0.6) is 5.75 Å². The summed E-state index contributed by atoms with van der Waals surface area (Å²) in [6.07, 6.45) is 3.17. The zero-order valence-electron chi connectivity index (χ0n) is 15.1. The van der Waals surface area contributed by atoms with Crippen molar-refractivity contribution >= 4 is 5.91 Å². The van der Waals surface area contributed by atoms with Crippen molar-refractivity contribution in [2.24, 2.45) is 0 Å². The van der Waals surface area contributed by atoms with Gasteiger partial charge in [0.25, 0.3) is 5.91 Å². The molecule has 0 radical (unpaired) electrons. The molecule has 3 rings (SSSR count). The molecule has 0 unspecified atom stereocenters. The van der Waals surface area contributed by atoms with Gasteiger partial charge in [0.05, 0.1) is 19.7 Å². The lowest BCUT2D eigenvalue weighted by molar-refractivity contribution is 0.0939. The average Bonchev–Trinajstić information content (AvgIpc) is 3.15. The van der Waals surface area contributed by atoms with Crippen molar-refractivity contribution in [2.75, 3.05) is 7.11 Å². The number of aromatic nitrogens is 3. The van der Waals surface area contributed by atoms with E-state index in [1.54, 1.807) is 18.1 Å². The first kappa shape index (κ1) is 17.7. The summed E-state index contributed by atoms with van der Waals surface area (Å²) in [6, 6.07) is 13.3. The summed E-state index contributed by atoms with van der Waals surface area (Å²) in [7, 11) is 1.64. The molecule has 2 aromatic carbocycles. The molecule has 3 aromatic rings. The molecule has 134 valence electrons. The minimum atomic E-state index is -0.160. The molecule has 1 N–H and O–H groups in total. The van der Waals surface area contributed by atoms with Crippen LogP contribution in [0.25, 0.3) is 0 Å². The third-order valence-electron chi connectivity index (χ3n) is 4.23. The number of rotatable bonds is 6. The molecule has 0 saturated carbocycles. The van der Waals surface area contributed by atoms with Gasteiger partial charge >= 0.3 is 0 Å². The van der Waals surface area contributed by atoms with Crippen LogP contribution in [0.15, 0.2) is 55.1 Å². The van der Waals surface area contributed by atoms with Crippen LogP contribution < -0.4 is 10.1 Å². The molecule has 26 heavy (non-hydrogen) atoms. The molecule has 0 spiro atoms. The maximum Gasteiger partial charge on any atom is 0.251 e. The first-order chi connectivity index (χ1) is 12.6. The third kappa shape index (κ3) is 4.08. The molecule has 0 aliphatic rings. The van der Waals surface area contributed by atoms with E-state index in [4.69, 9.17) is 4.74 Å². The highest BCUT2D eigenvalue weighted by atomic mass is 16.5. The molecule has 0 fully saturated rings. The second-order valence-electron chi connectivity index (χ2n) is 6.23. The largest absolute Gasteiger partial charge is 0.496 e. The van der Waals surface area contributed by atoms with Gasteiger partial charge < -0.3 is 10.1 Å². The van der Waals surface area contributed by atoms with E-state index >= 15 is 0 Å². The number of benzene rings is 2. The minimum Gasteiger partial charge on any atom is -0.496 e. The minimum absolute atomic E-state index is 0.117. The van der Waals surface area contributed by atoms with Crippen molar-refractivity contribution in [1.82, 2.24) is 20.1 Å². The van der Waals surface area contributed by atoms with Crippen molar-refractivity contribution < 1.29 is 9.53 Å². The smallest absolute Gasteiger partial charge is 0.251 e. The van der Waals surface area contributed by atoms with Crippen LogP contribution in [0.1, 0.15) is 40.0 Å². The molecule has 1 atom stereocenters. The maximum atomic E-state index is 12.6. The molecule has 6 heteroatoms. The number of aryl methyl sites for hydroxylation is 1. The molecule has 0 bridgehead atoms. The highest BCUT2D eigenvalue weighted by molar-refractivity contribution is 5.94. The second kappa shape index (κ2) is 7.82. The van der Waals surface area contributed by atoms with E-state index < -0.39 is 0 Å². The van der Waals surface area contributed by atoms with E-state index in [1.165, 1.54) is 6.33 Å². The summed E-state index contributed by atoms with van der Waals surface area (Å²) in [5, 5.41) is 7.11. The summed E-state index contributed by atoms with van der Waals surface area (Å²) < 4.78 is 7.15. The lowest BCUT2D eigenvalue weighted by Crippen LogP contribution is -2.27. The molecule has 0 aliphatic carbocycles. The van der Waals surface area contributed by atoms with Gasteiger partial charge in [-0.05, 0) is 37.6 Å². The number of carbonyl (C=O) groups is 1. The Kier molecular flexibility index (Phi) is 5.31. The summed E-state index contributed by atoms with van der Waals surface area (Å²) in [5.41, 5.74) is 3.76. The van der Waals surface area contributed by atoms with Gasteiger partial charge in [0.15, 0.2) is 0 Å². The van der Waals surface area contributed by atoms with Gasteiger partial charge in [0.2, 0.25) is 0 Å². The van der Waals surface area contributed by atoms with Gasteiger partial charge in [-0.1, -0.05) is 29.8 Å². The van der Waals surface area contributed by atoms with E-state index in [0.717, 1.165) is 22.4 Å². The van der Waals surface area contributed by atoms with Gasteiger partial charge in [-0.3, -0.25) is 4.79 Å². The number of hydrogen-bond acceptors (Lipinski definition) is 4. The number of nitrogens with zero attached hydrogens (tertiary/aromatic N) is 3. The van der Waals surface area contributed by atoms with Crippen molar-refractivity contribution in [3.8, 4) is 5.75 Å². The Morgan fingerprint density at radius 2 is 2.00 bits per heavy atom. The Morgan fingerprint density at radius 1 is 1.23 bits per heavy atom. The summed E-state index contributed by atoms with van der Waals surface area (Å²) >= 11 is 0. The lowest BCUT2D eigenvalue weighted by atomic mass is 10.0. The fourth-order valence-corrected chi connectivity index (χ4v) is 2.81. The summed E-state index contributed by atoms with van der Waals surface area (Å²) in [4.78, 5) is 16.5. The second-order valence-corrected chi connectivity index (χ2v) is 6.23. The van der Waals surface area contributed by atoms with Gasteiger partial charge in [-0.15, -0.1) is 0 Å². The number of amides is 1. The Morgan fingerprint density at radius 3 is 2.65 bits per heavy atom. The number of hydrogen-bond donors (Lipinski definition) is 1. The molecule has 0 saturated heterocycles. The summed E-state index contributed by atoms with van der Waals surface area (Å²) in [5.74, 6) is 0.653. The van der Waals surface area contributed by atoms with E-state index in [0.29, 0.717) is 12.1 Å². The predicted molar refractivity (Wildman–Crippen MR) is 99.2 cm³/mol. The van der Waals surface area contributed by atoms with Crippen LogP contribution in [-0.2, 0) is 6.54 Å². The fourth-order valence-electron chi connectivity index (χ4n) is 2.81. The molecule has 1 amide bonds. The monoisotopic (exact) mass is 350 g/mol. The maximum absolute atomic E-state index is 12.6. The van der Waals surface area contributed by atoms with E-state index in [1.807, 2.05) is 56.3 Å². The van der Waals surface area contributed by atoms with Crippen molar-refractivity contribution in [3.63, 3.8) is 0 Å².